The Morgan fingerprint density at radius 2 is 1.89 bits per heavy atom. The van der Waals surface area contributed by atoms with Crippen LogP contribution in [-0.4, -0.2) is 16.3 Å². The molecule has 0 spiro atoms. The van der Waals surface area contributed by atoms with Crippen LogP contribution in [0.25, 0.3) is 0 Å². The predicted molar refractivity (Wildman–Crippen MR) is 80.1 cm³/mol. The van der Waals surface area contributed by atoms with Gasteiger partial charge < -0.3 is 5.32 Å². The van der Waals surface area contributed by atoms with Gasteiger partial charge in [-0.2, -0.15) is 0 Å². The van der Waals surface area contributed by atoms with E-state index in [1.807, 2.05) is 20.8 Å². The number of amides is 1. The highest BCUT2D eigenvalue weighted by atomic mass is 79.9. The second kappa shape index (κ2) is 6.37. The van der Waals surface area contributed by atoms with E-state index >= 15 is 0 Å². The summed E-state index contributed by atoms with van der Waals surface area (Å²) in [5.74, 6) is 0.104. The fourth-order valence-electron chi connectivity index (χ4n) is 1.53. The monoisotopic (exact) mass is 311 g/mol. The molecule has 0 aliphatic rings. The minimum atomic E-state index is -0.218. The van der Waals surface area contributed by atoms with E-state index in [1.54, 1.807) is 0 Å². The third kappa shape index (κ3) is 4.81. The zero-order valence-corrected chi connectivity index (χ0v) is 13.2. The standard InChI is InChI=1S/C15H22BrNO/c1-11-5-7-13(8-6-11)9-10-14(18)17-15(3,4)12(2)16/h5-8,12H,9-10H2,1-4H3,(H,17,18). The van der Waals surface area contributed by atoms with Gasteiger partial charge in [-0.3, -0.25) is 4.79 Å². The molecule has 1 atom stereocenters. The van der Waals surface area contributed by atoms with E-state index in [1.165, 1.54) is 11.1 Å². The molecule has 1 aromatic carbocycles. The van der Waals surface area contributed by atoms with Gasteiger partial charge in [-0.15, -0.1) is 0 Å². The van der Waals surface area contributed by atoms with Crippen LogP contribution in [0.5, 0.6) is 0 Å². The normalized spacial score (nSPS) is 13.2. The van der Waals surface area contributed by atoms with Crippen molar-refractivity contribution in [2.45, 2.75) is 50.9 Å². The van der Waals surface area contributed by atoms with Gasteiger partial charge in [-0.1, -0.05) is 52.7 Å². The lowest BCUT2D eigenvalue weighted by Crippen LogP contribution is -2.48. The Morgan fingerprint density at radius 1 is 1.33 bits per heavy atom. The number of halogens is 1. The first-order chi connectivity index (χ1) is 8.31. The third-order valence-electron chi connectivity index (χ3n) is 3.22. The summed E-state index contributed by atoms with van der Waals surface area (Å²) >= 11 is 3.51. The molecule has 0 fully saturated rings. The molecule has 0 aromatic heterocycles. The maximum Gasteiger partial charge on any atom is 0.220 e. The van der Waals surface area contributed by atoms with E-state index in [2.05, 4.69) is 52.4 Å². The Hall–Kier alpha value is -0.830. The number of carbonyl (C=O) groups is 1. The summed E-state index contributed by atoms with van der Waals surface area (Å²) in [6.07, 6.45) is 1.32. The molecule has 0 radical (unpaired) electrons. The van der Waals surface area contributed by atoms with Crippen LogP contribution in [-0.2, 0) is 11.2 Å². The minimum Gasteiger partial charge on any atom is -0.350 e. The molecule has 0 heterocycles. The summed E-state index contributed by atoms with van der Waals surface area (Å²) < 4.78 is 0. The first kappa shape index (κ1) is 15.2. The van der Waals surface area contributed by atoms with Crippen LogP contribution in [0.2, 0.25) is 0 Å². The van der Waals surface area contributed by atoms with Gasteiger partial charge in [-0.05, 0) is 32.8 Å². The van der Waals surface area contributed by atoms with Gasteiger partial charge in [0.05, 0.1) is 0 Å². The number of alkyl halides is 1. The molecule has 18 heavy (non-hydrogen) atoms. The predicted octanol–water partition coefficient (Wildman–Crippen LogP) is 3.61. The Kier molecular flexibility index (Phi) is 5.39. The van der Waals surface area contributed by atoms with Crippen LogP contribution in [0.3, 0.4) is 0 Å². The fraction of sp³-hybridized carbons (Fsp3) is 0.533. The topological polar surface area (TPSA) is 29.1 Å². The van der Waals surface area contributed by atoms with Crippen LogP contribution in [0.15, 0.2) is 24.3 Å². The van der Waals surface area contributed by atoms with Gasteiger partial charge in [-0.25, -0.2) is 0 Å². The first-order valence-electron chi connectivity index (χ1n) is 6.32. The molecule has 0 aliphatic heterocycles. The Balaban J connectivity index is 2.44. The smallest absolute Gasteiger partial charge is 0.220 e. The molecule has 3 heteroatoms. The zero-order valence-electron chi connectivity index (χ0n) is 11.6. The quantitative estimate of drug-likeness (QED) is 0.827. The second-order valence-corrected chi connectivity index (χ2v) is 6.74. The Labute approximate surface area is 118 Å². The molecular weight excluding hydrogens is 290 g/mol. The molecule has 2 nitrogen and oxygen atoms in total. The number of benzene rings is 1. The van der Waals surface area contributed by atoms with Crippen molar-refractivity contribution in [3.05, 3.63) is 35.4 Å². The number of nitrogens with one attached hydrogen (secondary N) is 1. The molecule has 0 aliphatic carbocycles. The number of carbonyl (C=O) groups excluding carboxylic acids is 1. The van der Waals surface area contributed by atoms with Gasteiger partial charge in [0, 0.05) is 16.8 Å². The van der Waals surface area contributed by atoms with E-state index in [9.17, 15) is 4.79 Å². The highest BCUT2D eigenvalue weighted by Gasteiger charge is 2.25. The summed E-state index contributed by atoms with van der Waals surface area (Å²) in [5, 5.41) is 3.05. The lowest BCUT2D eigenvalue weighted by Gasteiger charge is -2.29. The highest BCUT2D eigenvalue weighted by Crippen LogP contribution is 2.17. The Bertz CT molecular complexity index is 395. The van der Waals surface area contributed by atoms with Crippen LogP contribution in [0.4, 0.5) is 0 Å². The molecule has 0 saturated carbocycles. The second-order valence-electron chi connectivity index (χ2n) is 5.37. The maximum absolute atomic E-state index is 11.9. The van der Waals surface area contributed by atoms with Crippen LogP contribution >= 0.6 is 15.9 Å². The van der Waals surface area contributed by atoms with Gasteiger partial charge in [0.1, 0.15) is 0 Å². The van der Waals surface area contributed by atoms with Crippen LogP contribution in [0, 0.1) is 6.92 Å². The largest absolute Gasteiger partial charge is 0.350 e. The van der Waals surface area contributed by atoms with Crippen molar-refractivity contribution in [2.24, 2.45) is 0 Å². The van der Waals surface area contributed by atoms with Crippen molar-refractivity contribution in [1.29, 1.82) is 0 Å². The van der Waals surface area contributed by atoms with E-state index in [-0.39, 0.29) is 16.3 Å². The average Bonchev–Trinajstić information content (AvgIpc) is 2.27. The lowest BCUT2D eigenvalue weighted by atomic mass is 10.0. The van der Waals surface area contributed by atoms with Crippen molar-refractivity contribution < 1.29 is 4.79 Å². The van der Waals surface area contributed by atoms with Gasteiger partial charge in [0.15, 0.2) is 0 Å². The molecule has 1 unspecified atom stereocenters. The van der Waals surface area contributed by atoms with Crippen molar-refractivity contribution in [3.8, 4) is 0 Å². The molecule has 1 aromatic rings. The van der Waals surface area contributed by atoms with Gasteiger partial charge >= 0.3 is 0 Å². The summed E-state index contributed by atoms with van der Waals surface area (Å²) in [4.78, 5) is 12.1. The van der Waals surface area contributed by atoms with E-state index in [4.69, 9.17) is 0 Å². The average molecular weight is 312 g/mol. The summed E-state index contributed by atoms with van der Waals surface area (Å²) in [7, 11) is 0. The molecule has 100 valence electrons. The van der Waals surface area contributed by atoms with E-state index in [0.29, 0.717) is 6.42 Å². The molecule has 0 bridgehead atoms. The van der Waals surface area contributed by atoms with Crippen molar-refractivity contribution >= 4 is 21.8 Å². The number of hydrogen-bond donors (Lipinski definition) is 1. The molecule has 0 saturated heterocycles. The zero-order chi connectivity index (χ0) is 13.8. The number of hydrogen-bond acceptors (Lipinski definition) is 1. The molecule has 1 amide bonds. The third-order valence-corrected chi connectivity index (χ3v) is 4.36. The molecular formula is C15H22BrNO. The van der Waals surface area contributed by atoms with Crippen molar-refractivity contribution in [3.63, 3.8) is 0 Å². The van der Waals surface area contributed by atoms with Gasteiger partial charge in [0.2, 0.25) is 5.91 Å². The summed E-state index contributed by atoms with van der Waals surface area (Å²) in [6, 6.07) is 8.33. The van der Waals surface area contributed by atoms with Crippen molar-refractivity contribution in [1.82, 2.24) is 5.32 Å². The fourth-order valence-corrected chi connectivity index (χ4v) is 1.65. The maximum atomic E-state index is 11.9. The lowest BCUT2D eigenvalue weighted by molar-refractivity contribution is -0.122. The van der Waals surface area contributed by atoms with Crippen molar-refractivity contribution in [2.75, 3.05) is 0 Å². The summed E-state index contributed by atoms with van der Waals surface area (Å²) in [6.45, 7) is 8.16. The van der Waals surface area contributed by atoms with Crippen LogP contribution in [0.1, 0.15) is 38.3 Å². The summed E-state index contributed by atoms with van der Waals surface area (Å²) in [5.41, 5.74) is 2.24. The Morgan fingerprint density at radius 3 is 2.39 bits per heavy atom. The van der Waals surface area contributed by atoms with E-state index in [0.717, 1.165) is 6.42 Å². The SMILES string of the molecule is Cc1ccc(CCC(=O)NC(C)(C)C(C)Br)cc1. The minimum absolute atomic E-state index is 0.104. The van der Waals surface area contributed by atoms with Crippen LogP contribution < -0.4 is 5.32 Å². The number of rotatable bonds is 5. The van der Waals surface area contributed by atoms with Gasteiger partial charge in [0.25, 0.3) is 0 Å². The number of aryl methyl sites for hydroxylation is 2. The highest BCUT2D eigenvalue weighted by molar-refractivity contribution is 9.09. The molecule has 1 N–H and O–H groups in total. The molecule has 1 rings (SSSR count). The first-order valence-corrected chi connectivity index (χ1v) is 7.23. The van der Waals surface area contributed by atoms with E-state index < -0.39 is 0 Å².